The third kappa shape index (κ3) is 5.58. The van der Waals surface area contributed by atoms with Crippen LogP contribution in [0.25, 0.3) is 0 Å². The Balaban J connectivity index is 1.46. The molecule has 37 heavy (non-hydrogen) atoms. The molecule has 0 spiro atoms. The van der Waals surface area contributed by atoms with Gasteiger partial charge >= 0.3 is 0 Å². The number of benzene rings is 4. The van der Waals surface area contributed by atoms with Crippen LogP contribution in [-0.2, 0) is 9.84 Å². The summed E-state index contributed by atoms with van der Waals surface area (Å²) in [6.07, 6.45) is 0. The number of halogens is 1. The average Bonchev–Trinajstić information content (AvgIpc) is 2.89. The van der Waals surface area contributed by atoms with Gasteiger partial charge in [-0.1, -0.05) is 41.6 Å². The molecule has 4 aromatic rings. The fourth-order valence-electron chi connectivity index (χ4n) is 3.73. The maximum absolute atomic E-state index is 13.2. The predicted octanol–water partition coefficient (Wildman–Crippen LogP) is 6.95. The second-order valence-corrected chi connectivity index (χ2v) is 12.8. The number of sulfone groups is 1. The lowest BCUT2D eigenvalue weighted by Crippen LogP contribution is -2.40. The molecular formula is C30H25FO4S2. The summed E-state index contributed by atoms with van der Waals surface area (Å²) >= 11 is 1.45. The summed E-state index contributed by atoms with van der Waals surface area (Å²) in [5.41, 5.74) is 2.15. The van der Waals surface area contributed by atoms with Crippen molar-refractivity contribution >= 4 is 33.2 Å². The average molecular weight is 533 g/mol. The highest BCUT2D eigenvalue weighted by Crippen LogP contribution is 2.32. The molecule has 4 rings (SSSR count). The third-order valence-electron chi connectivity index (χ3n) is 6.13. The molecule has 0 unspecified atom stereocenters. The normalized spacial score (nSPS) is 11.8. The maximum atomic E-state index is 13.2. The van der Waals surface area contributed by atoms with Crippen molar-refractivity contribution in [1.82, 2.24) is 0 Å². The van der Waals surface area contributed by atoms with Gasteiger partial charge in [-0.3, -0.25) is 9.59 Å². The first-order valence-corrected chi connectivity index (χ1v) is 13.8. The van der Waals surface area contributed by atoms with Crippen molar-refractivity contribution in [2.24, 2.45) is 0 Å². The summed E-state index contributed by atoms with van der Waals surface area (Å²) in [5, 5.41) is 0. The SMILES string of the molecule is Cc1ccc(S(=O)(=O)C(C)(C)C(=O)c2ccc(Sc3ccc(C(=O)c4ccc(F)cc4)cc3)cc2)cc1. The van der Waals surface area contributed by atoms with Gasteiger partial charge in [0.25, 0.3) is 0 Å². The quantitative estimate of drug-likeness (QED) is 0.230. The molecule has 0 N–H and O–H groups in total. The van der Waals surface area contributed by atoms with Crippen LogP contribution in [0.5, 0.6) is 0 Å². The number of Topliss-reactive ketones (excluding diaryl/α,β-unsaturated/α-hetero) is 1. The van der Waals surface area contributed by atoms with Gasteiger partial charge in [0, 0.05) is 26.5 Å². The van der Waals surface area contributed by atoms with E-state index in [0.29, 0.717) is 16.7 Å². The zero-order chi connectivity index (χ0) is 26.8. The van der Waals surface area contributed by atoms with Crippen LogP contribution in [0.2, 0.25) is 0 Å². The topological polar surface area (TPSA) is 68.3 Å². The molecule has 0 fully saturated rings. The van der Waals surface area contributed by atoms with Crippen LogP contribution in [0.4, 0.5) is 4.39 Å². The van der Waals surface area contributed by atoms with Crippen LogP contribution < -0.4 is 0 Å². The van der Waals surface area contributed by atoms with Gasteiger partial charge in [-0.05, 0) is 93.6 Å². The van der Waals surface area contributed by atoms with Gasteiger partial charge < -0.3 is 0 Å². The number of hydrogen-bond donors (Lipinski definition) is 0. The van der Waals surface area contributed by atoms with Crippen molar-refractivity contribution in [2.75, 3.05) is 0 Å². The van der Waals surface area contributed by atoms with E-state index in [1.54, 1.807) is 48.5 Å². The number of ketones is 2. The molecule has 0 saturated carbocycles. The number of carbonyl (C=O) groups excluding carboxylic acids is 2. The summed E-state index contributed by atoms with van der Waals surface area (Å²) in [7, 11) is -3.90. The van der Waals surface area contributed by atoms with Crippen molar-refractivity contribution in [3.63, 3.8) is 0 Å². The first-order chi connectivity index (χ1) is 17.5. The van der Waals surface area contributed by atoms with Gasteiger partial charge in [0.15, 0.2) is 21.4 Å². The Hall–Kier alpha value is -3.55. The van der Waals surface area contributed by atoms with Gasteiger partial charge in [0.2, 0.25) is 0 Å². The van der Waals surface area contributed by atoms with Crippen LogP contribution in [-0.4, -0.2) is 24.7 Å². The number of aryl methyl sites for hydroxylation is 1. The molecule has 0 aliphatic carbocycles. The zero-order valence-electron chi connectivity index (χ0n) is 20.6. The monoisotopic (exact) mass is 532 g/mol. The number of carbonyl (C=O) groups is 2. The Morgan fingerprint density at radius 2 is 1.11 bits per heavy atom. The minimum absolute atomic E-state index is 0.116. The smallest absolute Gasteiger partial charge is 0.193 e. The Labute approximate surface area is 220 Å². The first-order valence-electron chi connectivity index (χ1n) is 11.5. The summed E-state index contributed by atoms with van der Waals surface area (Å²) in [4.78, 5) is 27.7. The number of rotatable bonds is 8. The Kier molecular flexibility index (Phi) is 7.48. The van der Waals surface area contributed by atoms with E-state index in [0.717, 1.165) is 15.4 Å². The molecule has 0 aliphatic heterocycles. The van der Waals surface area contributed by atoms with Crippen molar-refractivity contribution in [3.05, 3.63) is 125 Å². The van der Waals surface area contributed by atoms with E-state index in [2.05, 4.69) is 0 Å². The minimum atomic E-state index is -3.90. The van der Waals surface area contributed by atoms with E-state index >= 15 is 0 Å². The van der Waals surface area contributed by atoms with Gasteiger partial charge in [-0.25, -0.2) is 12.8 Å². The summed E-state index contributed by atoms with van der Waals surface area (Å²) in [5.74, 6) is -1.07. The van der Waals surface area contributed by atoms with E-state index in [9.17, 15) is 22.4 Å². The first kappa shape index (κ1) is 26.5. The van der Waals surface area contributed by atoms with Crippen LogP contribution in [0.15, 0.2) is 112 Å². The summed E-state index contributed by atoms with van der Waals surface area (Å²) < 4.78 is 37.9. The lowest BCUT2D eigenvalue weighted by molar-refractivity contribution is 0.0953. The highest BCUT2D eigenvalue weighted by molar-refractivity contribution is 7.99. The van der Waals surface area contributed by atoms with Crippen molar-refractivity contribution in [2.45, 2.75) is 40.2 Å². The standard InChI is InChI=1S/C30H25FO4S2/c1-20-4-18-27(19-5-20)37(34,35)30(2,3)29(33)23-10-16-26(17-11-23)36-25-14-8-22(9-15-25)28(32)21-6-12-24(31)13-7-21/h4-19H,1-3H3. The van der Waals surface area contributed by atoms with Crippen molar-refractivity contribution in [1.29, 1.82) is 0 Å². The molecule has 0 atom stereocenters. The fourth-order valence-corrected chi connectivity index (χ4v) is 6.00. The maximum Gasteiger partial charge on any atom is 0.193 e. The van der Waals surface area contributed by atoms with Crippen LogP contribution >= 0.6 is 11.8 Å². The molecule has 0 aromatic heterocycles. The van der Waals surface area contributed by atoms with Gasteiger partial charge in [-0.15, -0.1) is 0 Å². The van der Waals surface area contributed by atoms with E-state index in [-0.39, 0.29) is 10.7 Å². The lowest BCUT2D eigenvalue weighted by Gasteiger charge is -2.23. The highest BCUT2D eigenvalue weighted by atomic mass is 32.2. The second kappa shape index (κ2) is 10.4. The Morgan fingerprint density at radius 1 is 0.676 bits per heavy atom. The zero-order valence-corrected chi connectivity index (χ0v) is 22.2. The molecule has 0 saturated heterocycles. The minimum Gasteiger partial charge on any atom is -0.292 e. The summed E-state index contributed by atoms with van der Waals surface area (Å²) in [6, 6.07) is 25.7. The molecular weight excluding hydrogens is 507 g/mol. The fraction of sp³-hybridized carbons (Fsp3) is 0.133. The molecule has 7 heteroatoms. The van der Waals surface area contributed by atoms with E-state index < -0.39 is 26.2 Å². The molecule has 0 aliphatic rings. The summed E-state index contributed by atoms with van der Waals surface area (Å²) in [6.45, 7) is 4.73. The Morgan fingerprint density at radius 3 is 1.59 bits per heavy atom. The van der Waals surface area contributed by atoms with Crippen LogP contribution in [0, 0.1) is 12.7 Å². The molecule has 0 amide bonds. The second-order valence-electron chi connectivity index (χ2n) is 9.14. The van der Waals surface area contributed by atoms with E-state index in [4.69, 9.17) is 0 Å². The highest BCUT2D eigenvalue weighted by Gasteiger charge is 2.43. The van der Waals surface area contributed by atoms with Gasteiger partial charge in [0.05, 0.1) is 4.90 Å². The molecule has 4 aromatic carbocycles. The molecule has 0 bridgehead atoms. The third-order valence-corrected chi connectivity index (χ3v) is 9.56. The molecule has 4 nitrogen and oxygen atoms in total. The predicted molar refractivity (Wildman–Crippen MR) is 144 cm³/mol. The van der Waals surface area contributed by atoms with Crippen LogP contribution in [0.1, 0.15) is 45.7 Å². The van der Waals surface area contributed by atoms with Gasteiger partial charge in [0.1, 0.15) is 10.6 Å². The molecule has 188 valence electrons. The van der Waals surface area contributed by atoms with Gasteiger partial charge in [-0.2, -0.15) is 0 Å². The largest absolute Gasteiger partial charge is 0.292 e. The van der Waals surface area contributed by atoms with Crippen LogP contribution in [0.3, 0.4) is 0 Å². The number of hydrogen-bond acceptors (Lipinski definition) is 5. The molecule has 0 heterocycles. The Bertz CT molecular complexity index is 1540. The van der Waals surface area contributed by atoms with Crippen molar-refractivity contribution < 1.29 is 22.4 Å². The van der Waals surface area contributed by atoms with E-state index in [1.165, 1.54) is 62.0 Å². The van der Waals surface area contributed by atoms with E-state index in [1.807, 2.05) is 19.1 Å². The molecule has 0 radical (unpaired) electrons. The van der Waals surface area contributed by atoms with Crippen molar-refractivity contribution in [3.8, 4) is 0 Å². The lowest BCUT2D eigenvalue weighted by atomic mass is 10.0.